The Bertz CT molecular complexity index is 447. The molecule has 0 aromatic carbocycles. The molecule has 1 aromatic heterocycles. The molecule has 2 bridgehead atoms. The van der Waals surface area contributed by atoms with Crippen molar-refractivity contribution in [3.63, 3.8) is 0 Å². The van der Waals surface area contributed by atoms with Gasteiger partial charge in [-0.15, -0.1) is 0 Å². The zero-order valence-electron chi connectivity index (χ0n) is 10.2. The summed E-state index contributed by atoms with van der Waals surface area (Å²) in [4.78, 5) is 17.1. The summed E-state index contributed by atoms with van der Waals surface area (Å²) in [5, 5.41) is 15.3. The molecule has 0 spiro atoms. The number of nitrogens with one attached hydrogen (secondary N) is 1. The first-order valence-electron chi connectivity index (χ1n) is 6.18. The molecule has 3 atom stereocenters. The van der Waals surface area contributed by atoms with Crippen LogP contribution in [0.1, 0.15) is 18.7 Å². The molecule has 1 saturated carbocycles. The number of fused-ring (bicyclic) bond motifs is 2. The number of hydrogen-bond donors (Lipinski definition) is 2. The van der Waals surface area contributed by atoms with E-state index in [2.05, 4.69) is 20.4 Å². The Kier molecular flexibility index (Phi) is 2.61. The summed E-state index contributed by atoms with van der Waals surface area (Å²) in [5.41, 5.74) is 0. The fraction of sp³-hybridized carbons (Fsp3) is 0.727. The molecule has 1 aliphatic heterocycles. The van der Waals surface area contributed by atoms with Crippen molar-refractivity contribution in [2.45, 2.75) is 25.8 Å². The zero-order valence-corrected chi connectivity index (χ0v) is 10.2. The quantitative estimate of drug-likeness (QED) is 0.811. The predicted molar refractivity (Wildman–Crippen MR) is 62.4 cm³/mol. The Labute approximate surface area is 104 Å². The number of aromatic nitrogens is 2. The molecule has 2 fully saturated rings. The normalized spacial score (nSPS) is 30.5. The van der Waals surface area contributed by atoms with E-state index in [1.165, 1.54) is 0 Å². The van der Waals surface area contributed by atoms with E-state index in [-0.39, 0.29) is 6.04 Å². The predicted octanol–water partition coefficient (Wildman–Crippen LogP) is 0.860. The van der Waals surface area contributed by atoms with Crippen molar-refractivity contribution in [1.82, 2.24) is 15.5 Å². The smallest absolute Gasteiger partial charge is 0.404 e. The van der Waals surface area contributed by atoms with Crippen LogP contribution in [0.5, 0.6) is 0 Å². The minimum Gasteiger partial charge on any atom is -0.465 e. The van der Waals surface area contributed by atoms with Gasteiger partial charge in [0.1, 0.15) is 0 Å². The second kappa shape index (κ2) is 4.15. The Morgan fingerprint density at radius 2 is 2.11 bits per heavy atom. The van der Waals surface area contributed by atoms with Crippen molar-refractivity contribution >= 4 is 12.1 Å². The van der Waals surface area contributed by atoms with Crippen molar-refractivity contribution in [2.75, 3.05) is 18.0 Å². The third-order valence-electron chi connectivity index (χ3n) is 3.91. The molecule has 3 rings (SSSR count). The molecule has 0 unspecified atom stereocenters. The summed E-state index contributed by atoms with van der Waals surface area (Å²) in [6.07, 6.45) is 1.18. The monoisotopic (exact) mass is 252 g/mol. The lowest BCUT2D eigenvalue weighted by atomic mass is 9.92. The number of piperidine rings is 1. The maximum absolute atomic E-state index is 10.8. The molecule has 7 heteroatoms. The van der Waals surface area contributed by atoms with Gasteiger partial charge >= 0.3 is 12.1 Å². The van der Waals surface area contributed by atoms with Gasteiger partial charge in [-0.3, -0.25) is 0 Å². The highest BCUT2D eigenvalue weighted by atomic mass is 16.5. The van der Waals surface area contributed by atoms with Crippen LogP contribution in [0.15, 0.2) is 4.52 Å². The van der Waals surface area contributed by atoms with E-state index in [0.29, 0.717) is 23.7 Å². The number of carbonyl (C=O) groups is 1. The molecule has 2 aliphatic rings. The van der Waals surface area contributed by atoms with Crippen molar-refractivity contribution in [3.05, 3.63) is 5.82 Å². The standard InChI is InChI=1S/C11H16N4O3/c1-6-12-10(18-14-6)15-4-7-2-3-8(5-15)9(7)13-11(16)17/h7-9,13H,2-5H2,1H3,(H,16,17)/t7-,8+,9+. The van der Waals surface area contributed by atoms with Gasteiger partial charge in [-0.05, 0) is 31.6 Å². The SMILES string of the molecule is Cc1noc(N2C[C@H]3CC[C@@H](C2)[C@H]3NC(=O)O)n1. The highest BCUT2D eigenvalue weighted by molar-refractivity contribution is 5.65. The molecule has 1 aromatic rings. The van der Waals surface area contributed by atoms with Crippen molar-refractivity contribution in [2.24, 2.45) is 11.8 Å². The number of amides is 1. The maximum atomic E-state index is 10.8. The van der Waals surface area contributed by atoms with E-state index in [9.17, 15) is 4.79 Å². The summed E-state index contributed by atoms with van der Waals surface area (Å²) in [6.45, 7) is 3.35. The largest absolute Gasteiger partial charge is 0.465 e. The Morgan fingerprint density at radius 3 is 2.61 bits per heavy atom. The third-order valence-corrected chi connectivity index (χ3v) is 3.91. The van der Waals surface area contributed by atoms with E-state index in [0.717, 1.165) is 25.9 Å². The number of rotatable bonds is 2. The fourth-order valence-corrected chi connectivity index (χ4v) is 3.17. The highest BCUT2D eigenvalue weighted by Crippen LogP contribution is 2.38. The minimum atomic E-state index is -0.931. The first kappa shape index (κ1) is 11.3. The summed E-state index contributed by atoms with van der Waals surface area (Å²) in [6, 6.07) is 0.626. The molecule has 2 heterocycles. The fourth-order valence-electron chi connectivity index (χ4n) is 3.17. The van der Waals surface area contributed by atoms with Gasteiger partial charge in [0.2, 0.25) is 0 Å². The number of hydrogen-bond acceptors (Lipinski definition) is 5. The minimum absolute atomic E-state index is 0.0720. The van der Waals surface area contributed by atoms with Gasteiger partial charge in [0.05, 0.1) is 0 Å². The van der Waals surface area contributed by atoms with Gasteiger partial charge in [0.25, 0.3) is 0 Å². The zero-order chi connectivity index (χ0) is 12.7. The second-order valence-corrected chi connectivity index (χ2v) is 5.10. The lowest BCUT2D eigenvalue weighted by Gasteiger charge is -2.36. The van der Waals surface area contributed by atoms with Crippen LogP contribution >= 0.6 is 0 Å². The summed E-state index contributed by atoms with van der Waals surface area (Å²) in [5.74, 6) is 1.31. The lowest BCUT2D eigenvalue weighted by Crippen LogP contribution is -2.52. The van der Waals surface area contributed by atoms with Gasteiger partial charge in [-0.1, -0.05) is 5.16 Å². The Hall–Kier alpha value is -1.79. The first-order chi connectivity index (χ1) is 8.63. The van der Waals surface area contributed by atoms with E-state index in [1.54, 1.807) is 6.92 Å². The molecular formula is C11H16N4O3. The summed E-state index contributed by atoms with van der Waals surface area (Å²) < 4.78 is 5.17. The average molecular weight is 252 g/mol. The second-order valence-electron chi connectivity index (χ2n) is 5.10. The van der Waals surface area contributed by atoms with Gasteiger partial charge in [-0.2, -0.15) is 4.98 Å². The van der Waals surface area contributed by atoms with Crippen LogP contribution in [0, 0.1) is 18.8 Å². The first-order valence-corrected chi connectivity index (χ1v) is 6.18. The molecular weight excluding hydrogens is 236 g/mol. The maximum Gasteiger partial charge on any atom is 0.404 e. The van der Waals surface area contributed by atoms with Crippen LogP contribution in [0.4, 0.5) is 10.8 Å². The van der Waals surface area contributed by atoms with E-state index in [1.807, 2.05) is 0 Å². The van der Waals surface area contributed by atoms with Crippen molar-refractivity contribution < 1.29 is 14.4 Å². The molecule has 1 aliphatic carbocycles. The third kappa shape index (κ3) is 1.89. The number of carboxylic acid groups (broad SMARTS) is 1. The molecule has 18 heavy (non-hydrogen) atoms. The number of anilines is 1. The molecule has 7 nitrogen and oxygen atoms in total. The Morgan fingerprint density at radius 1 is 1.44 bits per heavy atom. The summed E-state index contributed by atoms with van der Waals surface area (Å²) >= 11 is 0. The van der Waals surface area contributed by atoms with E-state index < -0.39 is 6.09 Å². The van der Waals surface area contributed by atoms with Crippen LogP contribution in [-0.4, -0.2) is 40.5 Å². The number of nitrogens with zero attached hydrogens (tertiary/aromatic N) is 3. The van der Waals surface area contributed by atoms with E-state index in [4.69, 9.17) is 9.63 Å². The van der Waals surface area contributed by atoms with Crippen LogP contribution in [-0.2, 0) is 0 Å². The van der Waals surface area contributed by atoms with Gasteiger partial charge in [0.15, 0.2) is 5.82 Å². The highest BCUT2D eigenvalue weighted by Gasteiger charge is 2.43. The van der Waals surface area contributed by atoms with Crippen LogP contribution in [0.3, 0.4) is 0 Å². The van der Waals surface area contributed by atoms with Gasteiger partial charge < -0.3 is 19.8 Å². The average Bonchev–Trinajstić information content (AvgIpc) is 2.81. The molecule has 1 amide bonds. The van der Waals surface area contributed by atoms with Crippen LogP contribution in [0.2, 0.25) is 0 Å². The molecule has 2 N–H and O–H groups in total. The molecule has 1 saturated heterocycles. The van der Waals surface area contributed by atoms with Crippen molar-refractivity contribution in [1.29, 1.82) is 0 Å². The summed E-state index contributed by atoms with van der Waals surface area (Å²) in [7, 11) is 0. The topological polar surface area (TPSA) is 91.5 Å². The molecule has 98 valence electrons. The van der Waals surface area contributed by atoms with Crippen LogP contribution in [0.25, 0.3) is 0 Å². The van der Waals surface area contributed by atoms with E-state index >= 15 is 0 Å². The van der Waals surface area contributed by atoms with Crippen molar-refractivity contribution in [3.8, 4) is 0 Å². The lowest BCUT2D eigenvalue weighted by molar-refractivity contribution is 0.178. The number of aryl methyl sites for hydroxylation is 1. The Balaban J connectivity index is 1.73. The van der Waals surface area contributed by atoms with Gasteiger partial charge in [-0.25, -0.2) is 4.79 Å². The van der Waals surface area contributed by atoms with Crippen LogP contribution < -0.4 is 10.2 Å². The van der Waals surface area contributed by atoms with Gasteiger partial charge in [0, 0.05) is 19.1 Å². The molecule has 0 radical (unpaired) electrons.